The summed E-state index contributed by atoms with van der Waals surface area (Å²) in [6.45, 7) is 0. The molecule has 9 aromatic carbocycles. The molecule has 0 saturated carbocycles. The Morgan fingerprint density at radius 3 is 1.57 bits per heavy atom. The molecule has 332 valence electrons. The Labute approximate surface area is 416 Å². The Bertz CT molecular complexity index is 4220. The van der Waals surface area contributed by atoms with Gasteiger partial charge in [-0.2, -0.15) is 0 Å². The van der Waals surface area contributed by atoms with Gasteiger partial charge in [-0.3, -0.25) is 0 Å². The van der Waals surface area contributed by atoms with Gasteiger partial charge in [-0.05, 0) is 183 Å². The van der Waals surface area contributed by atoms with E-state index in [-0.39, 0.29) is 0 Å². The molecule has 0 bridgehead atoms. The molecule has 0 nitrogen and oxygen atoms in total. The minimum Gasteiger partial charge on any atom is -0.140 e. The molecule has 1 atom stereocenters. The molecule has 70 heavy (non-hydrogen) atoms. The van der Waals surface area contributed by atoms with E-state index in [4.69, 9.17) is 0 Å². The third kappa shape index (κ3) is 7.00. The Hall–Kier alpha value is -7.62. The van der Waals surface area contributed by atoms with Crippen LogP contribution in [0.5, 0.6) is 0 Å². The lowest BCUT2D eigenvalue weighted by atomic mass is 9.84. The van der Waals surface area contributed by atoms with Crippen molar-refractivity contribution in [3.05, 3.63) is 238 Å². The standard InChI is InChI=1S/C68H48S2/c1-2-16-45(17-3-1)61-36-37-62(69-61)46-28-30-47(31-29-46)65-55-22-10-12-24-57(55)68(58-25-13-11-23-56(58)65)64-39-38-63(70-64)50-34-35-59-60(42-50)67(52-33-27-44-15-5-7-19-49(44)41-52)54-21-9-8-20-53(54)66(59)51-32-26-43-14-4-6-18-48(43)40-51/h1-10,12,14-16,18-28,30,32-42,45H,11,13,17,29,31H2. The van der Waals surface area contributed by atoms with Gasteiger partial charge in [0.05, 0.1) is 0 Å². The molecule has 3 aliphatic rings. The van der Waals surface area contributed by atoms with Crippen molar-refractivity contribution in [3.8, 4) is 43.1 Å². The quantitative estimate of drug-likeness (QED) is 0.140. The first-order valence-electron chi connectivity index (χ1n) is 24.9. The summed E-state index contributed by atoms with van der Waals surface area (Å²) in [5.41, 5.74) is 12.0. The van der Waals surface area contributed by atoms with Crippen LogP contribution in [0.15, 0.2) is 212 Å². The van der Waals surface area contributed by atoms with Gasteiger partial charge in [0.15, 0.2) is 0 Å². The second-order valence-electron chi connectivity index (χ2n) is 19.2. The summed E-state index contributed by atoms with van der Waals surface area (Å²) in [7, 11) is 0. The fourth-order valence-corrected chi connectivity index (χ4v) is 14.0. The molecule has 2 aromatic heterocycles. The van der Waals surface area contributed by atoms with Crippen LogP contribution >= 0.6 is 22.7 Å². The number of hydrogen-bond donors (Lipinski definition) is 0. The highest BCUT2D eigenvalue weighted by Crippen LogP contribution is 2.47. The molecule has 11 aromatic rings. The summed E-state index contributed by atoms with van der Waals surface area (Å²) in [4.78, 5) is 5.49. The van der Waals surface area contributed by atoms with Crippen LogP contribution in [-0.4, -0.2) is 0 Å². The third-order valence-corrected chi connectivity index (χ3v) is 17.6. The van der Waals surface area contributed by atoms with Crippen LogP contribution in [0.4, 0.5) is 0 Å². The van der Waals surface area contributed by atoms with E-state index in [2.05, 4.69) is 225 Å². The van der Waals surface area contributed by atoms with E-state index in [9.17, 15) is 0 Å². The van der Waals surface area contributed by atoms with Crippen molar-refractivity contribution in [1.29, 1.82) is 0 Å². The summed E-state index contributed by atoms with van der Waals surface area (Å²) < 4.78 is 0. The maximum absolute atomic E-state index is 2.53. The minimum atomic E-state index is 0.499. The highest BCUT2D eigenvalue weighted by molar-refractivity contribution is 7.19. The SMILES string of the molecule is C1=CCC(c2ccc(C3=CC=C(c4c5c(c(-c6ccc(-c7ccc8c(-c9ccc%10ccccc%10c9)c9ccccc9c(-c9ccc%10ccccc%10c9)c8c7)s6)c6ccccc46)=CCCC=5)CC3)s2)C=C1. The first-order chi connectivity index (χ1) is 34.7. The zero-order valence-electron chi connectivity index (χ0n) is 38.8. The first-order valence-corrected chi connectivity index (χ1v) is 26.5. The molecular weight excluding hydrogens is 881 g/mol. The minimum absolute atomic E-state index is 0.499. The summed E-state index contributed by atoms with van der Waals surface area (Å²) in [6.07, 6.45) is 24.2. The lowest BCUT2D eigenvalue weighted by Gasteiger charge is -2.20. The highest BCUT2D eigenvalue weighted by Gasteiger charge is 2.23. The zero-order valence-corrected chi connectivity index (χ0v) is 40.4. The van der Waals surface area contributed by atoms with E-state index in [0.29, 0.717) is 5.92 Å². The number of benzene rings is 9. The van der Waals surface area contributed by atoms with Gasteiger partial charge in [-0.15, -0.1) is 22.7 Å². The van der Waals surface area contributed by atoms with Crippen molar-refractivity contribution < 1.29 is 0 Å². The number of hydrogen-bond acceptors (Lipinski definition) is 2. The molecule has 0 amide bonds. The van der Waals surface area contributed by atoms with Crippen LogP contribution in [0, 0.1) is 0 Å². The van der Waals surface area contributed by atoms with E-state index < -0.39 is 0 Å². The predicted octanol–water partition coefficient (Wildman–Crippen LogP) is 18.5. The summed E-state index contributed by atoms with van der Waals surface area (Å²) in [5.74, 6) is 0.499. The largest absolute Gasteiger partial charge is 0.140 e. The zero-order chi connectivity index (χ0) is 46.1. The second kappa shape index (κ2) is 17.1. The summed E-state index contributed by atoms with van der Waals surface area (Å²) >= 11 is 3.91. The van der Waals surface area contributed by atoms with Gasteiger partial charge in [0, 0.05) is 31.0 Å². The van der Waals surface area contributed by atoms with Gasteiger partial charge in [0.1, 0.15) is 0 Å². The number of allylic oxidation sites excluding steroid dienone is 8. The van der Waals surface area contributed by atoms with Gasteiger partial charge in [-0.1, -0.05) is 182 Å². The lowest BCUT2D eigenvalue weighted by molar-refractivity contribution is 0.873. The average molecular weight is 929 g/mol. The molecule has 14 rings (SSSR count). The lowest BCUT2D eigenvalue weighted by Crippen LogP contribution is -2.32. The average Bonchev–Trinajstić information content (AvgIpc) is 4.13. The molecule has 0 saturated heterocycles. The topological polar surface area (TPSA) is 0 Å². The van der Waals surface area contributed by atoms with E-state index in [1.807, 2.05) is 22.7 Å². The summed E-state index contributed by atoms with van der Waals surface area (Å²) in [5, 5.41) is 15.6. The smallest absolute Gasteiger partial charge is 0.0361 e. The second-order valence-corrected chi connectivity index (χ2v) is 21.4. The van der Waals surface area contributed by atoms with Gasteiger partial charge in [0.25, 0.3) is 0 Å². The van der Waals surface area contributed by atoms with Gasteiger partial charge in [-0.25, -0.2) is 0 Å². The monoisotopic (exact) mass is 928 g/mol. The fraction of sp³-hybridized carbons (Fsp3) is 0.0882. The van der Waals surface area contributed by atoms with E-state index in [1.165, 1.54) is 134 Å². The van der Waals surface area contributed by atoms with Crippen molar-refractivity contribution in [3.63, 3.8) is 0 Å². The Balaban J connectivity index is 0.912. The molecule has 1 unspecified atom stereocenters. The van der Waals surface area contributed by atoms with Gasteiger partial charge < -0.3 is 0 Å². The van der Waals surface area contributed by atoms with Gasteiger partial charge in [0.2, 0.25) is 0 Å². The molecule has 0 radical (unpaired) electrons. The van der Waals surface area contributed by atoms with Crippen LogP contribution in [0.3, 0.4) is 0 Å². The van der Waals surface area contributed by atoms with Crippen molar-refractivity contribution in [1.82, 2.24) is 0 Å². The molecule has 2 heterocycles. The van der Waals surface area contributed by atoms with Gasteiger partial charge >= 0.3 is 0 Å². The first kappa shape index (κ1) is 41.4. The van der Waals surface area contributed by atoms with E-state index >= 15 is 0 Å². The Morgan fingerprint density at radius 2 is 0.914 bits per heavy atom. The maximum Gasteiger partial charge on any atom is 0.0361 e. The molecular formula is C68H48S2. The Morgan fingerprint density at radius 1 is 0.371 bits per heavy atom. The molecule has 2 heteroatoms. The van der Waals surface area contributed by atoms with Crippen LogP contribution in [-0.2, 0) is 0 Å². The molecule has 0 aliphatic heterocycles. The maximum atomic E-state index is 2.53. The predicted molar refractivity (Wildman–Crippen MR) is 306 cm³/mol. The number of rotatable bonds is 7. The van der Waals surface area contributed by atoms with Crippen LogP contribution in [0.2, 0.25) is 0 Å². The van der Waals surface area contributed by atoms with Crippen LogP contribution in [0.25, 0.3) is 120 Å². The normalized spacial score (nSPS) is 15.6. The van der Waals surface area contributed by atoms with Crippen LogP contribution in [0.1, 0.15) is 53.3 Å². The highest BCUT2D eigenvalue weighted by atomic mass is 32.1. The van der Waals surface area contributed by atoms with Crippen LogP contribution < -0.4 is 10.4 Å². The van der Waals surface area contributed by atoms with E-state index in [0.717, 1.165) is 32.1 Å². The molecule has 3 aliphatic carbocycles. The molecule has 0 fully saturated rings. The number of thiophene rings is 2. The number of fused-ring (bicyclic) bond motifs is 6. The van der Waals surface area contributed by atoms with Crippen molar-refractivity contribution in [2.45, 2.75) is 38.0 Å². The fourth-order valence-electron chi connectivity index (χ4n) is 11.8. The van der Waals surface area contributed by atoms with Crippen molar-refractivity contribution in [2.75, 3.05) is 0 Å². The van der Waals surface area contributed by atoms with Crippen molar-refractivity contribution in [2.24, 2.45) is 0 Å². The van der Waals surface area contributed by atoms with Crippen molar-refractivity contribution >= 4 is 99.8 Å². The third-order valence-electron chi connectivity index (χ3n) is 15.2. The molecule has 0 N–H and O–H groups in total. The molecule has 0 spiro atoms. The van der Waals surface area contributed by atoms with E-state index in [1.54, 1.807) is 0 Å². The summed E-state index contributed by atoms with van der Waals surface area (Å²) in [6, 6.07) is 66.4. The Kier molecular flexibility index (Phi) is 10.1.